The Balaban J connectivity index is 3.34. The molecule has 1 atom stereocenters. The Morgan fingerprint density at radius 3 is 1.94 bits per heavy atom. The summed E-state index contributed by atoms with van der Waals surface area (Å²) in [5.74, 6) is 0. The van der Waals surface area contributed by atoms with Crippen LogP contribution < -0.4 is 0 Å². The monoisotopic (exact) mass is 320 g/mol. The van der Waals surface area contributed by atoms with Gasteiger partial charge in [0.1, 0.15) is 0 Å². The minimum atomic E-state index is -1.96. The minimum Gasteiger partial charge on any atom is -0.319 e. The van der Waals surface area contributed by atoms with Crippen LogP contribution >= 0.6 is 34.8 Å². The van der Waals surface area contributed by atoms with Gasteiger partial charge in [-0.3, -0.25) is 0 Å². The van der Waals surface area contributed by atoms with Crippen molar-refractivity contribution in [3.05, 3.63) is 0 Å². The average molecular weight is 322 g/mol. The molecule has 0 saturated heterocycles. The summed E-state index contributed by atoms with van der Waals surface area (Å²) in [5, 5.41) is -0.428. The largest absolute Gasteiger partial charge is 0.319 e. The van der Waals surface area contributed by atoms with Crippen molar-refractivity contribution in [2.45, 2.75) is 74.0 Å². The molecule has 0 nitrogen and oxygen atoms in total. The summed E-state index contributed by atoms with van der Waals surface area (Å²) in [6.45, 7) is 2.22. The van der Waals surface area contributed by atoms with E-state index in [1.807, 2.05) is 0 Å². The molecule has 0 aromatic heterocycles. The van der Waals surface area contributed by atoms with E-state index in [1.165, 1.54) is 38.5 Å². The Morgan fingerprint density at radius 2 is 1.47 bits per heavy atom. The summed E-state index contributed by atoms with van der Waals surface area (Å²) in [5.41, 5.74) is 0. The number of rotatable bonds is 11. The molecular weight excluding hydrogens is 298 g/mol. The summed E-state index contributed by atoms with van der Waals surface area (Å²) < 4.78 is 11.3. The number of alkyl halides is 3. The number of unbranched alkanes of at least 4 members (excludes halogenated alkanes) is 7. The van der Waals surface area contributed by atoms with Gasteiger partial charge in [0.25, 0.3) is 9.85 Å². The van der Waals surface area contributed by atoms with Gasteiger partial charge in [0.15, 0.2) is 3.96 Å². The molecule has 104 valence electrons. The second-order valence-electron chi connectivity index (χ2n) is 4.63. The highest BCUT2D eigenvalue weighted by Gasteiger charge is 2.33. The van der Waals surface area contributed by atoms with Crippen molar-refractivity contribution in [3.63, 3.8) is 0 Å². The quantitative estimate of drug-likeness (QED) is 0.209. The summed E-state index contributed by atoms with van der Waals surface area (Å²) in [6, 6.07) is 0. The van der Waals surface area contributed by atoms with Gasteiger partial charge in [-0.15, -0.1) is 34.8 Å². The molecule has 0 spiro atoms. The smallest absolute Gasteiger partial charge is 0.255 e. The predicted molar refractivity (Wildman–Crippen MR) is 81.0 cm³/mol. The molecule has 0 rings (SSSR count). The van der Waals surface area contributed by atoms with Gasteiger partial charge in [-0.2, -0.15) is 0 Å². The number of halogens is 4. The number of hydrogen-bond donors (Lipinski definition) is 0. The third-order valence-electron chi connectivity index (χ3n) is 2.95. The highest BCUT2D eigenvalue weighted by molar-refractivity contribution is 6.72. The lowest BCUT2D eigenvalue weighted by atomic mass is 10.1. The molecule has 0 aliphatic rings. The van der Waals surface area contributed by atoms with E-state index in [0.29, 0.717) is 0 Å². The zero-order chi connectivity index (χ0) is 13.1. The van der Waals surface area contributed by atoms with Crippen LogP contribution in [-0.2, 0) is 0 Å². The van der Waals surface area contributed by atoms with Gasteiger partial charge in [-0.25, -0.2) is 0 Å². The second kappa shape index (κ2) is 10.9. The summed E-state index contributed by atoms with van der Waals surface area (Å²) in [4.78, 5) is 0. The zero-order valence-corrected chi connectivity index (χ0v) is 14.3. The topological polar surface area (TPSA) is 0 Å². The first-order chi connectivity index (χ1) is 8.04. The van der Waals surface area contributed by atoms with E-state index in [9.17, 15) is 4.11 Å². The lowest BCUT2D eigenvalue weighted by Crippen LogP contribution is -2.31. The molecule has 0 aromatic rings. The van der Waals surface area contributed by atoms with Gasteiger partial charge in [-0.1, -0.05) is 58.3 Å². The van der Waals surface area contributed by atoms with E-state index in [2.05, 4.69) is 6.92 Å². The normalized spacial score (nSPS) is 14.6. The molecule has 0 bridgehead atoms. The molecule has 0 N–H and O–H groups in total. The van der Waals surface area contributed by atoms with Crippen molar-refractivity contribution in [1.82, 2.24) is 0 Å². The van der Waals surface area contributed by atoms with Crippen molar-refractivity contribution in [2.75, 3.05) is 0 Å². The van der Waals surface area contributed by atoms with E-state index in [-0.39, 0.29) is 0 Å². The third-order valence-corrected chi connectivity index (χ3v) is 6.00. The van der Waals surface area contributed by atoms with Crippen LogP contribution in [0.25, 0.3) is 0 Å². The van der Waals surface area contributed by atoms with Crippen LogP contribution in [0, 0.1) is 0 Å². The maximum Gasteiger partial charge on any atom is 0.255 e. The summed E-state index contributed by atoms with van der Waals surface area (Å²) >= 11 is 17.6. The fraction of sp³-hybridized carbons (Fsp3) is 1.00. The van der Waals surface area contributed by atoms with Gasteiger partial charge in [-0.05, 0) is 6.42 Å². The minimum absolute atomic E-state index is 0.428. The molecule has 0 heterocycles. The fourth-order valence-corrected chi connectivity index (χ4v) is 2.67. The van der Waals surface area contributed by atoms with Crippen LogP contribution in [0.2, 0.25) is 0 Å². The van der Waals surface area contributed by atoms with Crippen molar-refractivity contribution < 1.29 is 4.11 Å². The SMILES string of the molecule is CCCCCCCCCCC(Cl)C(Cl)(Cl)[SiH2]F. The molecule has 0 aliphatic heterocycles. The van der Waals surface area contributed by atoms with E-state index in [1.54, 1.807) is 0 Å². The molecule has 0 fully saturated rings. The Morgan fingerprint density at radius 1 is 1.00 bits per heavy atom. The van der Waals surface area contributed by atoms with Gasteiger partial charge >= 0.3 is 0 Å². The second-order valence-corrected chi connectivity index (χ2v) is 8.97. The lowest BCUT2D eigenvalue weighted by molar-refractivity contribution is 0.558. The van der Waals surface area contributed by atoms with Gasteiger partial charge in [0.05, 0.1) is 5.38 Å². The molecule has 0 saturated carbocycles. The van der Waals surface area contributed by atoms with Gasteiger partial charge in [0.2, 0.25) is 0 Å². The predicted octanol–water partition coefficient (Wildman–Crippen LogP) is 5.31. The molecule has 0 aliphatic carbocycles. The maximum absolute atomic E-state index is 12.6. The van der Waals surface area contributed by atoms with Crippen LogP contribution in [0.4, 0.5) is 4.11 Å². The zero-order valence-electron chi connectivity index (χ0n) is 10.7. The highest BCUT2D eigenvalue weighted by atomic mass is 35.5. The first kappa shape index (κ1) is 18.0. The van der Waals surface area contributed by atoms with E-state index in [4.69, 9.17) is 34.8 Å². The lowest BCUT2D eigenvalue weighted by Gasteiger charge is -2.21. The third kappa shape index (κ3) is 9.58. The van der Waals surface area contributed by atoms with Crippen molar-refractivity contribution in [1.29, 1.82) is 0 Å². The van der Waals surface area contributed by atoms with Crippen LogP contribution in [0.15, 0.2) is 0 Å². The van der Waals surface area contributed by atoms with Crippen molar-refractivity contribution in [2.24, 2.45) is 0 Å². The standard InChI is InChI=1S/C12H24Cl3FSi/c1-2-3-4-5-6-7-8-9-10-11(13)12(14,15)17-16/h11H,2-10,17H2,1H3. The van der Waals surface area contributed by atoms with Crippen LogP contribution in [0.1, 0.15) is 64.7 Å². The Labute approximate surface area is 123 Å². The highest BCUT2D eigenvalue weighted by Crippen LogP contribution is 2.32. The van der Waals surface area contributed by atoms with E-state index < -0.39 is 19.2 Å². The molecule has 0 radical (unpaired) electrons. The van der Waals surface area contributed by atoms with Crippen LogP contribution in [0.5, 0.6) is 0 Å². The summed E-state index contributed by atoms with van der Waals surface area (Å²) in [7, 11) is -1.96. The molecular formula is C12H24Cl3FSi. The van der Waals surface area contributed by atoms with Crippen molar-refractivity contribution >= 4 is 44.7 Å². The first-order valence-corrected chi connectivity index (χ1v) is 9.06. The Bertz CT molecular complexity index is 179. The van der Waals surface area contributed by atoms with Crippen LogP contribution in [0.3, 0.4) is 0 Å². The van der Waals surface area contributed by atoms with Gasteiger partial charge < -0.3 is 4.11 Å². The first-order valence-electron chi connectivity index (χ1n) is 6.62. The fourth-order valence-electron chi connectivity index (χ4n) is 1.75. The molecule has 0 aromatic carbocycles. The molecule has 5 heteroatoms. The Kier molecular flexibility index (Phi) is 11.5. The Hall–Kier alpha value is 1.02. The van der Waals surface area contributed by atoms with E-state index in [0.717, 1.165) is 19.3 Å². The summed E-state index contributed by atoms with van der Waals surface area (Å²) in [6.07, 6.45) is 10.7. The number of hydrogen-bond acceptors (Lipinski definition) is 0. The van der Waals surface area contributed by atoms with Crippen LogP contribution in [-0.4, -0.2) is 19.2 Å². The van der Waals surface area contributed by atoms with E-state index >= 15 is 0 Å². The van der Waals surface area contributed by atoms with Gasteiger partial charge in [0, 0.05) is 0 Å². The van der Waals surface area contributed by atoms with Crippen molar-refractivity contribution in [3.8, 4) is 0 Å². The molecule has 17 heavy (non-hydrogen) atoms. The molecule has 0 amide bonds. The average Bonchev–Trinajstić information content (AvgIpc) is 2.32. The maximum atomic E-state index is 12.6. The molecule has 1 unspecified atom stereocenters.